The van der Waals surface area contributed by atoms with Crippen LogP contribution in [0.3, 0.4) is 0 Å². The van der Waals surface area contributed by atoms with Gasteiger partial charge in [0, 0.05) is 27.6 Å². The van der Waals surface area contributed by atoms with Gasteiger partial charge >= 0.3 is 0 Å². The molecule has 37 heavy (non-hydrogen) atoms. The predicted octanol–water partition coefficient (Wildman–Crippen LogP) is 7.29. The van der Waals surface area contributed by atoms with Crippen molar-refractivity contribution < 1.29 is 16.8 Å². The van der Waals surface area contributed by atoms with Gasteiger partial charge in [-0.05, 0) is 58.8 Å². The fourth-order valence-electron chi connectivity index (χ4n) is 3.88. The summed E-state index contributed by atoms with van der Waals surface area (Å²) in [5.74, 6) is 0. The monoisotopic (exact) mass is 630 g/mol. The standard InChI is InChI=1S/C14H11NO2S2.C12H8BrNO2S2/c1-2-11-5-3-6-13-12(11)8-9-15(13)19(16,17)14-7-4-10-18-14;13-10-3-1-4-11-9(10)6-7-14(11)18(15,16)12-5-2-8-17-12/h2-10H,1H2;1-8H. The summed E-state index contributed by atoms with van der Waals surface area (Å²) in [4.78, 5) is 0. The molecule has 4 heterocycles. The third-order valence-electron chi connectivity index (χ3n) is 5.61. The van der Waals surface area contributed by atoms with Gasteiger partial charge in [0.15, 0.2) is 0 Å². The topological polar surface area (TPSA) is 78.1 Å². The summed E-state index contributed by atoms with van der Waals surface area (Å²) >= 11 is 5.86. The minimum atomic E-state index is -3.50. The van der Waals surface area contributed by atoms with E-state index in [0.717, 1.165) is 20.8 Å². The average molecular weight is 632 g/mol. The molecule has 0 atom stereocenters. The Balaban J connectivity index is 0.000000152. The highest BCUT2D eigenvalue weighted by Gasteiger charge is 2.21. The number of rotatable bonds is 5. The molecule has 188 valence electrons. The third-order valence-corrected chi connectivity index (χ3v) is 12.4. The summed E-state index contributed by atoms with van der Waals surface area (Å²) in [6, 6.07) is 21.4. The molecule has 0 N–H and O–H groups in total. The van der Waals surface area contributed by atoms with Gasteiger partial charge in [0.2, 0.25) is 0 Å². The molecule has 6 nitrogen and oxygen atoms in total. The van der Waals surface area contributed by atoms with Gasteiger partial charge in [0.05, 0.1) is 11.0 Å². The molecular formula is C26H19BrN2O4S4. The lowest BCUT2D eigenvalue weighted by atomic mass is 10.1. The fourth-order valence-corrected chi connectivity index (χ4v) is 9.22. The zero-order valence-electron chi connectivity index (χ0n) is 19.1. The van der Waals surface area contributed by atoms with Crippen molar-refractivity contribution in [3.05, 3.63) is 113 Å². The zero-order chi connectivity index (χ0) is 26.2. The van der Waals surface area contributed by atoms with Crippen LogP contribution in [0.1, 0.15) is 5.56 Å². The Morgan fingerprint density at radius 3 is 1.70 bits per heavy atom. The molecule has 0 amide bonds. The van der Waals surface area contributed by atoms with Crippen LogP contribution in [0.5, 0.6) is 0 Å². The fraction of sp³-hybridized carbons (Fsp3) is 0. The van der Waals surface area contributed by atoms with E-state index in [1.807, 2.05) is 24.3 Å². The molecule has 0 saturated carbocycles. The van der Waals surface area contributed by atoms with E-state index in [-0.39, 0.29) is 0 Å². The van der Waals surface area contributed by atoms with Crippen LogP contribution >= 0.6 is 38.6 Å². The summed E-state index contributed by atoms with van der Waals surface area (Å²) in [5.41, 5.74) is 2.28. The number of fused-ring (bicyclic) bond motifs is 2. The second-order valence-corrected chi connectivity index (χ2v) is 14.6. The number of benzene rings is 2. The number of halogens is 1. The van der Waals surface area contributed by atoms with Crippen molar-refractivity contribution in [3.63, 3.8) is 0 Å². The number of thiophene rings is 2. The van der Waals surface area contributed by atoms with Gasteiger partial charge in [-0.25, -0.2) is 7.94 Å². The molecule has 0 aliphatic heterocycles. The van der Waals surface area contributed by atoms with Crippen LogP contribution < -0.4 is 0 Å². The molecule has 0 radical (unpaired) electrons. The van der Waals surface area contributed by atoms with E-state index < -0.39 is 20.0 Å². The number of hydrogen-bond donors (Lipinski definition) is 0. The first-order valence-electron chi connectivity index (χ1n) is 10.8. The maximum Gasteiger partial charge on any atom is 0.277 e. The van der Waals surface area contributed by atoms with Crippen molar-refractivity contribution in [2.45, 2.75) is 8.42 Å². The van der Waals surface area contributed by atoms with Crippen molar-refractivity contribution in [1.29, 1.82) is 0 Å². The quantitative estimate of drug-likeness (QED) is 0.200. The second-order valence-electron chi connectivity index (χ2n) is 7.75. The van der Waals surface area contributed by atoms with Crippen molar-refractivity contribution >= 4 is 86.5 Å². The molecule has 6 rings (SSSR count). The van der Waals surface area contributed by atoms with Gasteiger partial charge in [-0.2, -0.15) is 16.8 Å². The van der Waals surface area contributed by atoms with E-state index in [9.17, 15) is 16.8 Å². The number of hydrogen-bond acceptors (Lipinski definition) is 6. The van der Waals surface area contributed by atoms with Gasteiger partial charge < -0.3 is 0 Å². The SMILES string of the molecule is C=Cc1cccc2c1ccn2S(=O)(=O)c1cccs1.O=S(=O)(c1cccs1)n1ccc2c(Br)cccc21. The molecule has 2 aromatic carbocycles. The maximum absolute atomic E-state index is 12.5. The molecule has 0 bridgehead atoms. The van der Waals surface area contributed by atoms with Gasteiger partial charge in [0.25, 0.3) is 20.0 Å². The highest BCUT2D eigenvalue weighted by atomic mass is 79.9. The third kappa shape index (κ3) is 4.62. The van der Waals surface area contributed by atoms with E-state index in [1.165, 1.54) is 30.6 Å². The van der Waals surface area contributed by atoms with Crippen LogP contribution in [-0.4, -0.2) is 24.8 Å². The Morgan fingerprint density at radius 2 is 1.19 bits per heavy atom. The smallest absolute Gasteiger partial charge is 0.240 e. The summed E-state index contributed by atoms with van der Waals surface area (Å²) < 4.78 is 54.1. The summed E-state index contributed by atoms with van der Waals surface area (Å²) in [7, 11) is -6.98. The zero-order valence-corrected chi connectivity index (χ0v) is 23.9. The maximum atomic E-state index is 12.5. The molecule has 0 spiro atoms. The first kappa shape index (κ1) is 25.7. The van der Waals surface area contributed by atoms with E-state index in [0.29, 0.717) is 19.5 Å². The van der Waals surface area contributed by atoms with Crippen molar-refractivity contribution in [2.24, 2.45) is 0 Å². The van der Waals surface area contributed by atoms with E-state index in [4.69, 9.17) is 0 Å². The highest BCUT2D eigenvalue weighted by molar-refractivity contribution is 9.10. The minimum absolute atomic E-state index is 0.342. The van der Waals surface area contributed by atoms with Crippen LogP contribution in [0.25, 0.3) is 27.9 Å². The summed E-state index contributed by atoms with van der Waals surface area (Å²) in [6.07, 6.45) is 4.90. The molecule has 0 fully saturated rings. The lowest BCUT2D eigenvalue weighted by Gasteiger charge is -2.05. The first-order valence-corrected chi connectivity index (χ1v) is 16.2. The lowest BCUT2D eigenvalue weighted by Crippen LogP contribution is -2.10. The van der Waals surface area contributed by atoms with E-state index in [1.54, 1.807) is 77.8 Å². The largest absolute Gasteiger partial charge is 0.277 e. The van der Waals surface area contributed by atoms with Crippen LogP contribution in [0.2, 0.25) is 0 Å². The Morgan fingerprint density at radius 1 is 0.676 bits per heavy atom. The number of aromatic nitrogens is 2. The molecule has 11 heteroatoms. The number of nitrogens with zero attached hydrogens (tertiary/aromatic N) is 2. The van der Waals surface area contributed by atoms with E-state index in [2.05, 4.69) is 22.5 Å². The van der Waals surface area contributed by atoms with Gasteiger partial charge in [-0.15, -0.1) is 22.7 Å². The lowest BCUT2D eigenvalue weighted by molar-refractivity contribution is 0.589. The molecule has 0 unspecified atom stereocenters. The van der Waals surface area contributed by atoms with Gasteiger partial charge in [0.1, 0.15) is 8.42 Å². The van der Waals surface area contributed by atoms with E-state index >= 15 is 0 Å². The Labute approximate surface area is 231 Å². The second kappa shape index (κ2) is 10.1. The molecule has 4 aromatic heterocycles. The van der Waals surface area contributed by atoms with Crippen LogP contribution in [0.4, 0.5) is 0 Å². The molecule has 0 aliphatic carbocycles. The molecule has 6 aromatic rings. The molecular weight excluding hydrogens is 612 g/mol. The van der Waals surface area contributed by atoms with Crippen LogP contribution in [0.15, 0.2) is 115 Å². The van der Waals surface area contributed by atoms with Crippen molar-refractivity contribution in [1.82, 2.24) is 7.94 Å². The summed E-state index contributed by atoms with van der Waals surface area (Å²) in [5, 5.41) is 5.29. The highest BCUT2D eigenvalue weighted by Crippen LogP contribution is 2.29. The van der Waals surface area contributed by atoms with Crippen molar-refractivity contribution in [2.75, 3.05) is 0 Å². The van der Waals surface area contributed by atoms with Crippen LogP contribution in [-0.2, 0) is 20.0 Å². The average Bonchev–Trinajstić information content (AvgIpc) is 3.70. The first-order chi connectivity index (χ1) is 17.7. The Bertz CT molecular complexity index is 1930. The predicted molar refractivity (Wildman–Crippen MR) is 155 cm³/mol. The minimum Gasteiger partial charge on any atom is -0.240 e. The normalized spacial score (nSPS) is 11.9. The van der Waals surface area contributed by atoms with Gasteiger partial charge in [-0.3, -0.25) is 0 Å². The van der Waals surface area contributed by atoms with Gasteiger partial charge in [-0.1, -0.05) is 58.9 Å². The molecule has 0 saturated heterocycles. The Kier molecular flexibility index (Phi) is 6.99. The Hall–Kier alpha value is -2.96. The van der Waals surface area contributed by atoms with Crippen molar-refractivity contribution in [3.8, 4) is 0 Å². The summed E-state index contributed by atoms with van der Waals surface area (Å²) in [6.45, 7) is 3.75. The van der Waals surface area contributed by atoms with Crippen LogP contribution in [0, 0.1) is 0 Å². The molecule has 0 aliphatic rings.